The lowest BCUT2D eigenvalue weighted by atomic mass is 10.1. The zero-order valence-corrected chi connectivity index (χ0v) is 12.9. The van der Waals surface area contributed by atoms with Gasteiger partial charge in [-0.2, -0.15) is 0 Å². The summed E-state index contributed by atoms with van der Waals surface area (Å²) in [5.41, 5.74) is 7.02. The fraction of sp³-hybridized carbons (Fsp3) is 0.625. The Kier molecular flexibility index (Phi) is 6.32. The first kappa shape index (κ1) is 16.0. The molecular formula is C16H28N2O. The number of para-hydroxylation sites is 1. The zero-order chi connectivity index (χ0) is 14.4. The normalized spacial score (nSPS) is 13.3. The van der Waals surface area contributed by atoms with Gasteiger partial charge in [-0.3, -0.25) is 4.90 Å². The smallest absolute Gasteiger partial charge is 0.124 e. The lowest BCUT2D eigenvalue weighted by Gasteiger charge is -2.30. The minimum atomic E-state index is 0.00232. The van der Waals surface area contributed by atoms with Crippen LogP contribution in [0.4, 0.5) is 0 Å². The summed E-state index contributed by atoms with van der Waals surface area (Å²) in [6.45, 7) is 12.5. The van der Waals surface area contributed by atoms with E-state index in [0.29, 0.717) is 18.7 Å². The minimum Gasteiger partial charge on any atom is -0.492 e. The van der Waals surface area contributed by atoms with Gasteiger partial charge in [0.05, 0.1) is 0 Å². The van der Waals surface area contributed by atoms with Crippen molar-refractivity contribution < 1.29 is 4.74 Å². The monoisotopic (exact) mass is 264 g/mol. The van der Waals surface area contributed by atoms with E-state index in [2.05, 4.69) is 32.6 Å². The molecular weight excluding hydrogens is 236 g/mol. The quantitative estimate of drug-likeness (QED) is 0.822. The van der Waals surface area contributed by atoms with Crippen LogP contribution in [0.3, 0.4) is 0 Å². The second-order valence-electron chi connectivity index (χ2n) is 5.60. The van der Waals surface area contributed by atoms with E-state index in [9.17, 15) is 0 Å². The van der Waals surface area contributed by atoms with Crippen molar-refractivity contribution in [2.24, 2.45) is 5.73 Å². The molecule has 1 atom stereocenters. The van der Waals surface area contributed by atoms with Crippen molar-refractivity contribution in [2.75, 3.05) is 13.2 Å². The van der Waals surface area contributed by atoms with Crippen molar-refractivity contribution in [3.05, 3.63) is 29.8 Å². The van der Waals surface area contributed by atoms with Gasteiger partial charge in [0.25, 0.3) is 0 Å². The predicted octanol–water partition coefficient (Wildman–Crippen LogP) is 3.20. The lowest BCUT2D eigenvalue weighted by molar-refractivity contribution is 0.141. The Morgan fingerprint density at radius 3 is 2.16 bits per heavy atom. The van der Waals surface area contributed by atoms with Gasteiger partial charge in [-0.05, 0) is 40.7 Å². The molecule has 19 heavy (non-hydrogen) atoms. The van der Waals surface area contributed by atoms with Crippen LogP contribution in [-0.4, -0.2) is 30.1 Å². The molecule has 0 aliphatic heterocycles. The topological polar surface area (TPSA) is 38.5 Å². The van der Waals surface area contributed by atoms with Gasteiger partial charge in [-0.25, -0.2) is 0 Å². The average Bonchev–Trinajstić information content (AvgIpc) is 2.33. The van der Waals surface area contributed by atoms with Crippen molar-refractivity contribution in [3.8, 4) is 5.75 Å². The highest BCUT2D eigenvalue weighted by Crippen LogP contribution is 2.23. The highest BCUT2D eigenvalue weighted by Gasteiger charge is 2.13. The molecule has 0 aliphatic carbocycles. The summed E-state index contributed by atoms with van der Waals surface area (Å²) in [5.74, 6) is 0.907. The molecule has 0 bridgehead atoms. The van der Waals surface area contributed by atoms with Crippen LogP contribution >= 0.6 is 0 Å². The first-order valence-electron chi connectivity index (χ1n) is 7.16. The van der Waals surface area contributed by atoms with E-state index in [1.165, 1.54) is 0 Å². The van der Waals surface area contributed by atoms with Crippen molar-refractivity contribution in [1.29, 1.82) is 0 Å². The van der Waals surface area contributed by atoms with Gasteiger partial charge in [-0.1, -0.05) is 18.2 Å². The van der Waals surface area contributed by atoms with Crippen LogP contribution in [-0.2, 0) is 0 Å². The molecule has 3 heteroatoms. The molecule has 108 valence electrons. The van der Waals surface area contributed by atoms with Crippen molar-refractivity contribution >= 4 is 0 Å². The first-order chi connectivity index (χ1) is 8.93. The molecule has 0 heterocycles. The molecule has 0 saturated carbocycles. The standard InChI is InChI=1S/C16H28N2O/c1-12(2)18(13(3)4)10-11-19-16-9-7-6-8-15(16)14(5)17/h6-9,12-14H,10-11,17H2,1-5H3/t14-/m0/s1. The van der Waals surface area contributed by atoms with Gasteiger partial charge in [0.15, 0.2) is 0 Å². The molecule has 0 fully saturated rings. The Balaban J connectivity index is 2.58. The molecule has 1 aromatic rings. The number of ether oxygens (including phenoxy) is 1. The van der Waals surface area contributed by atoms with E-state index in [0.717, 1.165) is 17.9 Å². The molecule has 3 nitrogen and oxygen atoms in total. The van der Waals surface area contributed by atoms with Crippen molar-refractivity contribution in [1.82, 2.24) is 4.90 Å². The minimum absolute atomic E-state index is 0.00232. The Labute approximate surface area is 117 Å². The Morgan fingerprint density at radius 1 is 1.05 bits per heavy atom. The fourth-order valence-corrected chi connectivity index (χ4v) is 2.36. The number of hydrogen-bond donors (Lipinski definition) is 1. The third-order valence-corrected chi connectivity index (χ3v) is 3.34. The largest absolute Gasteiger partial charge is 0.492 e. The first-order valence-corrected chi connectivity index (χ1v) is 7.16. The lowest BCUT2D eigenvalue weighted by Crippen LogP contribution is -2.39. The maximum Gasteiger partial charge on any atom is 0.124 e. The van der Waals surface area contributed by atoms with E-state index >= 15 is 0 Å². The number of benzene rings is 1. The summed E-state index contributed by atoms with van der Waals surface area (Å²) in [4.78, 5) is 2.43. The molecule has 1 rings (SSSR count). The molecule has 0 aliphatic rings. The van der Waals surface area contributed by atoms with E-state index < -0.39 is 0 Å². The van der Waals surface area contributed by atoms with Crippen molar-refractivity contribution in [3.63, 3.8) is 0 Å². The maximum atomic E-state index is 5.95. The third kappa shape index (κ3) is 4.84. The number of nitrogens with zero attached hydrogens (tertiary/aromatic N) is 1. The van der Waals surface area contributed by atoms with Crippen LogP contribution in [0.1, 0.15) is 46.2 Å². The van der Waals surface area contributed by atoms with Crippen molar-refractivity contribution in [2.45, 2.75) is 52.7 Å². The summed E-state index contributed by atoms with van der Waals surface area (Å²) < 4.78 is 5.91. The molecule has 0 aromatic heterocycles. The third-order valence-electron chi connectivity index (χ3n) is 3.34. The molecule has 0 radical (unpaired) electrons. The van der Waals surface area contributed by atoms with Crippen LogP contribution < -0.4 is 10.5 Å². The van der Waals surface area contributed by atoms with Gasteiger partial charge >= 0.3 is 0 Å². The molecule has 0 amide bonds. The summed E-state index contributed by atoms with van der Waals surface area (Å²) >= 11 is 0. The molecule has 2 N–H and O–H groups in total. The van der Waals surface area contributed by atoms with E-state index in [1.54, 1.807) is 0 Å². The highest BCUT2D eigenvalue weighted by atomic mass is 16.5. The number of nitrogens with two attached hydrogens (primary N) is 1. The summed E-state index contributed by atoms with van der Waals surface area (Å²) in [5, 5.41) is 0. The van der Waals surface area contributed by atoms with Crippen LogP contribution in [0.25, 0.3) is 0 Å². The second-order valence-corrected chi connectivity index (χ2v) is 5.60. The van der Waals surface area contributed by atoms with Gasteiger partial charge in [0, 0.05) is 30.2 Å². The van der Waals surface area contributed by atoms with Gasteiger partial charge in [-0.15, -0.1) is 0 Å². The Hall–Kier alpha value is -1.06. The van der Waals surface area contributed by atoms with E-state index in [4.69, 9.17) is 10.5 Å². The van der Waals surface area contributed by atoms with Crippen LogP contribution in [0, 0.1) is 0 Å². The molecule has 0 saturated heterocycles. The fourth-order valence-electron chi connectivity index (χ4n) is 2.36. The predicted molar refractivity (Wildman–Crippen MR) is 81.5 cm³/mol. The van der Waals surface area contributed by atoms with Gasteiger partial charge in [0.1, 0.15) is 12.4 Å². The molecule has 1 aromatic carbocycles. The van der Waals surface area contributed by atoms with Gasteiger partial charge in [0.2, 0.25) is 0 Å². The molecule has 0 spiro atoms. The SMILES string of the molecule is CC(C)N(CCOc1ccccc1[C@H](C)N)C(C)C. The number of hydrogen-bond acceptors (Lipinski definition) is 3. The van der Waals surface area contributed by atoms with Crippen LogP contribution in [0.15, 0.2) is 24.3 Å². The van der Waals surface area contributed by atoms with E-state index in [-0.39, 0.29) is 6.04 Å². The van der Waals surface area contributed by atoms with Crippen LogP contribution in [0.2, 0.25) is 0 Å². The summed E-state index contributed by atoms with van der Waals surface area (Å²) in [6, 6.07) is 9.09. The Morgan fingerprint density at radius 2 is 1.63 bits per heavy atom. The summed E-state index contributed by atoms with van der Waals surface area (Å²) in [6.07, 6.45) is 0. The Bertz CT molecular complexity index is 367. The zero-order valence-electron chi connectivity index (χ0n) is 12.9. The second kappa shape index (κ2) is 7.51. The maximum absolute atomic E-state index is 5.95. The average molecular weight is 264 g/mol. The summed E-state index contributed by atoms with van der Waals surface area (Å²) in [7, 11) is 0. The number of rotatable bonds is 7. The van der Waals surface area contributed by atoms with Gasteiger partial charge < -0.3 is 10.5 Å². The van der Waals surface area contributed by atoms with E-state index in [1.807, 2.05) is 31.2 Å². The van der Waals surface area contributed by atoms with Crippen LogP contribution in [0.5, 0.6) is 5.75 Å². The highest BCUT2D eigenvalue weighted by molar-refractivity contribution is 5.35. The molecule has 0 unspecified atom stereocenters.